The Morgan fingerprint density at radius 1 is 1.08 bits per heavy atom. The van der Waals surface area contributed by atoms with Crippen molar-refractivity contribution in [1.29, 1.82) is 0 Å². The fourth-order valence-corrected chi connectivity index (χ4v) is 2.71. The number of hydrogen-bond donors (Lipinski definition) is 3. The van der Waals surface area contributed by atoms with Gasteiger partial charge in [-0.3, -0.25) is 25.3 Å². The number of nitrogens with zero attached hydrogens (tertiary/aromatic N) is 1. The Hall–Kier alpha value is -1.92. The molecule has 2 amide bonds. The Morgan fingerprint density at radius 3 is 2.12 bits per heavy atom. The third-order valence-electron chi connectivity index (χ3n) is 3.96. The molecule has 2 aliphatic rings. The molecule has 1 aromatic rings. The highest BCUT2D eigenvalue weighted by molar-refractivity contribution is 5.53. The van der Waals surface area contributed by atoms with Crippen LogP contribution in [0.15, 0.2) is 30.3 Å². The minimum atomic E-state index is 0.369. The summed E-state index contributed by atoms with van der Waals surface area (Å²) in [5.41, 5.74) is 5.24. The van der Waals surface area contributed by atoms with E-state index in [1.165, 1.54) is 50.9 Å². The molecule has 2 heterocycles. The van der Waals surface area contributed by atoms with E-state index < -0.39 is 0 Å². The number of benzene rings is 1. The van der Waals surface area contributed by atoms with Crippen molar-refractivity contribution in [3.05, 3.63) is 35.9 Å². The maximum absolute atomic E-state index is 9.23. The average Bonchev–Trinajstić information content (AvgIpc) is 3.29. The predicted molar refractivity (Wildman–Crippen MR) is 96.1 cm³/mol. The van der Waals surface area contributed by atoms with Crippen LogP contribution < -0.4 is 16.2 Å². The molecule has 0 radical (unpaired) electrons. The van der Waals surface area contributed by atoms with Crippen molar-refractivity contribution >= 4 is 12.8 Å². The first-order valence-corrected chi connectivity index (χ1v) is 8.64. The van der Waals surface area contributed by atoms with Crippen LogP contribution in [-0.4, -0.2) is 43.4 Å². The first kappa shape index (κ1) is 20.1. The number of hydrogen-bond acceptors (Lipinski definition) is 4. The Morgan fingerprint density at radius 2 is 1.71 bits per heavy atom. The van der Waals surface area contributed by atoms with Gasteiger partial charge in [0.25, 0.3) is 0 Å². The summed E-state index contributed by atoms with van der Waals surface area (Å²) in [6.07, 6.45) is 6.25. The highest BCUT2D eigenvalue weighted by atomic mass is 16.2. The minimum Gasteiger partial charge on any atom is -0.314 e. The topological polar surface area (TPSA) is 73.5 Å². The summed E-state index contributed by atoms with van der Waals surface area (Å²) >= 11 is 0. The quantitative estimate of drug-likeness (QED) is 0.433. The summed E-state index contributed by atoms with van der Waals surface area (Å²) in [7, 11) is 0. The van der Waals surface area contributed by atoms with E-state index in [1.807, 2.05) is 10.9 Å². The molecule has 0 bridgehead atoms. The Kier molecular flexibility index (Phi) is 11.3. The molecular formula is C18H30N4O2. The zero-order valence-corrected chi connectivity index (χ0v) is 14.5. The summed E-state index contributed by atoms with van der Waals surface area (Å²) in [5, 5.41) is 3.32. The molecule has 24 heavy (non-hydrogen) atoms. The van der Waals surface area contributed by atoms with Crippen LogP contribution in [0.2, 0.25) is 0 Å². The number of nitrogens with one attached hydrogen (secondary N) is 3. The summed E-state index contributed by atoms with van der Waals surface area (Å²) in [4.78, 5) is 21.0. The first-order valence-electron chi connectivity index (χ1n) is 8.64. The Balaban J connectivity index is 0.000000203. The van der Waals surface area contributed by atoms with Crippen molar-refractivity contribution < 1.29 is 9.59 Å². The number of amides is 2. The van der Waals surface area contributed by atoms with Gasteiger partial charge >= 0.3 is 0 Å². The van der Waals surface area contributed by atoms with Crippen LogP contribution >= 0.6 is 0 Å². The van der Waals surface area contributed by atoms with Crippen molar-refractivity contribution in [2.75, 3.05) is 19.6 Å². The predicted octanol–water partition coefficient (Wildman–Crippen LogP) is 1.43. The smallest absolute Gasteiger partial charge is 0.225 e. The van der Waals surface area contributed by atoms with E-state index in [0.29, 0.717) is 12.8 Å². The van der Waals surface area contributed by atoms with E-state index in [0.717, 1.165) is 12.6 Å². The van der Waals surface area contributed by atoms with Crippen LogP contribution in [0.5, 0.6) is 0 Å². The van der Waals surface area contributed by atoms with E-state index in [-0.39, 0.29) is 0 Å². The second kappa shape index (κ2) is 13.5. The zero-order chi connectivity index (χ0) is 17.5. The highest BCUT2D eigenvalue weighted by Gasteiger charge is 2.10. The molecular weight excluding hydrogens is 304 g/mol. The van der Waals surface area contributed by atoms with Crippen LogP contribution in [-0.2, 0) is 16.1 Å². The molecule has 0 aromatic heterocycles. The van der Waals surface area contributed by atoms with Crippen molar-refractivity contribution in [3.63, 3.8) is 0 Å². The lowest BCUT2D eigenvalue weighted by Gasteiger charge is -2.13. The molecule has 6 heteroatoms. The van der Waals surface area contributed by atoms with E-state index >= 15 is 0 Å². The molecule has 0 saturated carbocycles. The molecule has 134 valence electrons. The third-order valence-corrected chi connectivity index (χ3v) is 3.96. The normalized spacial score (nSPS) is 19.3. The van der Waals surface area contributed by atoms with Gasteiger partial charge < -0.3 is 5.32 Å². The van der Waals surface area contributed by atoms with E-state index in [2.05, 4.69) is 47.5 Å². The van der Waals surface area contributed by atoms with Gasteiger partial charge in [0.15, 0.2) is 0 Å². The lowest BCUT2D eigenvalue weighted by molar-refractivity contribution is -0.116. The molecule has 3 N–H and O–H groups in total. The monoisotopic (exact) mass is 334 g/mol. The molecule has 2 aliphatic heterocycles. The molecule has 1 unspecified atom stereocenters. The molecule has 1 atom stereocenters. The van der Waals surface area contributed by atoms with Crippen LogP contribution in [0.1, 0.15) is 38.2 Å². The van der Waals surface area contributed by atoms with Crippen molar-refractivity contribution in [2.24, 2.45) is 0 Å². The fraction of sp³-hybridized carbons (Fsp3) is 0.556. The Labute approximate surface area is 145 Å². The lowest BCUT2D eigenvalue weighted by Crippen LogP contribution is -2.28. The van der Waals surface area contributed by atoms with Gasteiger partial charge in [-0.15, -0.1) is 0 Å². The van der Waals surface area contributed by atoms with Crippen LogP contribution in [0.25, 0.3) is 0 Å². The minimum absolute atomic E-state index is 0.369. The van der Waals surface area contributed by atoms with E-state index in [4.69, 9.17) is 0 Å². The van der Waals surface area contributed by atoms with Crippen LogP contribution in [0, 0.1) is 0 Å². The summed E-state index contributed by atoms with van der Waals surface area (Å²) in [6.45, 7) is 7.18. The number of likely N-dealkylation sites (tertiary alicyclic amines) is 1. The zero-order valence-electron chi connectivity index (χ0n) is 14.5. The summed E-state index contributed by atoms with van der Waals surface area (Å²) in [6, 6.07) is 11.5. The maximum Gasteiger partial charge on any atom is 0.225 e. The van der Waals surface area contributed by atoms with Gasteiger partial charge in [-0.05, 0) is 57.8 Å². The first-order chi connectivity index (χ1) is 11.8. The summed E-state index contributed by atoms with van der Waals surface area (Å²) < 4.78 is 0. The lowest BCUT2D eigenvalue weighted by atomic mass is 10.2. The van der Waals surface area contributed by atoms with Gasteiger partial charge in [0.2, 0.25) is 12.8 Å². The molecule has 3 rings (SSSR count). The SMILES string of the molecule is CC1CCCN1.O=CNNC=O.c1ccc(CN2CCCC2)cc1. The van der Waals surface area contributed by atoms with Gasteiger partial charge in [0.1, 0.15) is 0 Å². The van der Waals surface area contributed by atoms with Crippen molar-refractivity contribution in [1.82, 2.24) is 21.1 Å². The highest BCUT2D eigenvalue weighted by Crippen LogP contribution is 2.11. The second-order valence-corrected chi connectivity index (χ2v) is 5.99. The molecule has 2 saturated heterocycles. The van der Waals surface area contributed by atoms with Gasteiger partial charge in [0.05, 0.1) is 0 Å². The van der Waals surface area contributed by atoms with E-state index in [9.17, 15) is 9.59 Å². The fourth-order valence-electron chi connectivity index (χ4n) is 2.71. The molecule has 1 aromatic carbocycles. The third kappa shape index (κ3) is 9.97. The number of carbonyl (C=O) groups excluding carboxylic acids is 2. The van der Waals surface area contributed by atoms with Gasteiger partial charge in [-0.2, -0.15) is 0 Å². The van der Waals surface area contributed by atoms with Gasteiger partial charge in [-0.1, -0.05) is 30.3 Å². The molecule has 0 spiro atoms. The average molecular weight is 334 g/mol. The number of hydrazine groups is 1. The van der Waals surface area contributed by atoms with Crippen molar-refractivity contribution in [3.8, 4) is 0 Å². The maximum atomic E-state index is 9.23. The van der Waals surface area contributed by atoms with Gasteiger partial charge in [-0.25, -0.2) is 0 Å². The van der Waals surface area contributed by atoms with Gasteiger partial charge in [0, 0.05) is 12.6 Å². The van der Waals surface area contributed by atoms with Crippen LogP contribution in [0.3, 0.4) is 0 Å². The standard InChI is InChI=1S/C11H15N.C5H11N.C2H4N2O2/c1-2-6-11(7-3-1)10-12-8-4-5-9-12;1-5-3-2-4-6-5;5-1-3-4-2-6/h1-3,6-7H,4-5,8-10H2;5-6H,2-4H2,1H3;1-2H,(H,3,5)(H,4,6). The van der Waals surface area contributed by atoms with Crippen LogP contribution in [0.4, 0.5) is 0 Å². The molecule has 6 nitrogen and oxygen atoms in total. The summed E-state index contributed by atoms with van der Waals surface area (Å²) in [5.74, 6) is 0. The molecule has 0 aliphatic carbocycles. The van der Waals surface area contributed by atoms with Crippen molar-refractivity contribution in [2.45, 2.75) is 45.2 Å². The molecule has 2 fully saturated rings. The second-order valence-electron chi connectivity index (χ2n) is 5.99. The van der Waals surface area contributed by atoms with E-state index in [1.54, 1.807) is 0 Å². The number of carbonyl (C=O) groups is 2. The Bertz CT molecular complexity index is 422. The number of rotatable bonds is 5. The largest absolute Gasteiger partial charge is 0.314 e.